The third kappa shape index (κ3) is 4.07. The molecule has 0 aromatic heterocycles. The van der Waals surface area contributed by atoms with Gasteiger partial charge in [-0.2, -0.15) is 0 Å². The summed E-state index contributed by atoms with van der Waals surface area (Å²) in [4.78, 5) is 2.57. The van der Waals surface area contributed by atoms with Gasteiger partial charge in [-0.05, 0) is 59.3 Å². The van der Waals surface area contributed by atoms with E-state index >= 15 is 0 Å². The monoisotopic (exact) mass is 274 g/mol. The van der Waals surface area contributed by atoms with Crippen molar-refractivity contribution in [1.82, 2.24) is 10.2 Å². The van der Waals surface area contributed by atoms with Gasteiger partial charge in [0.15, 0.2) is 0 Å². The van der Waals surface area contributed by atoms with E-state index in [4.69, 9.17) is 0 Å². The normalized spacial score (nSPS) is 17.9. The topological polar surface area (TPSA) is 15.3 Å². The Morgan fingerprint density at radius 2 is 1.75 bits per heavy atom. The summed E-state index contributed by atoms with van der Waals surface area (Å²) < 4.78 is 0. The Kier molecular flexibility index (Phi) is 5.62. The molecule has 0 heterocycles. The second kappa shape index (κ2) is 7.24. The molecule has 0 amide bonds. The van der Waals surface area contributed by atoms with Crippen molar-refractivity contribution in [3.05, 3.63) is 34.9 Å². The molecule has 1 saturated carbocycles. The van der Waals surface area contributed by atoms with Gasteiger partial charge in [0, 0.05) is 12.1 Å². The molecule has 0 spiro atoms. The van der Waals surface area contributed by atoms with E-state index in [-0.39, 0.29) is 0 Å². The van der Waals surface area contributed by atoms with Gasteiger partial charge in [0.25, 0.3) is 0 Å². The van der Waals surface area contributed by atoms with Crippen LogP contribution in [0.3, 0.4) is 0 Å². The highest BCUT2D eigenvalue weighted by molar-refractivity contribution is 5.30. The maximum atomic E-state index is 3.49. The third-order valence-electron chi connectivity index (χ3n) is 4.71. The summed E-state index contributed by atoms with van der Waals surface area (Å²) in [5.74, 6) is 0. The quantitative estimate of drug-likeness (QED) is 0.848. The molecule has 1 fully saturated rings. The molecular formula is C18H30N2. The molecule has 0 aliphatic heterocycles. The Hall–Kier alpha value is -0.860. The molecule has 1 aromatic carbocycles. The lowest BCUT2D eigenvalue weighted by Gasteiger charge is -2.26. The summed E-state index contributed by atoms with van der Waals surface area (Å²) in [6.45, 7) is 5.56. The number of benzene rings is 1. The zero-order valence-electron chi connectivity index (χ0n) is 13.6. The zero-order valence-corrected chi connectivity index (χ0v) is 13.6. The summed E-state index contributed by atoms with van der Waals surface area (Å²) in [5, 5.41) is 3.49. The standard InChI is InChI=1S/C18H30N2/c1-14-11-15(2)13-16(12-14)18(19-3)9-10-20(4)17-7-5-6-8-17/h11-13,17-19H,5-10H2,1-4H3. The fourth-order valence-electron chi connectivity index (χ4n) is 3.55. The first kappa shape index (κ1) is 15.5. The van der Waals surface area contributed by atoms with Crippen LogP contribution in [0.2, 0.25) is 0 Å². The molecule has 2 nitrogen and oxygen atoms in total. The van der Waals surface area contributed by atoms with Crippen LogP contribution in [0.1, 0.15) is 54.8 Å². The number of hydrogen-bond acceptors (Lipinski definition) is 2. The molecule has 1 aliphatic rings. The summed E-state index contributed by atoms with van der Waals surface area (Å²) in [5.41, 5.74) is 4.17. The van der Waals surface area contributed by atoms with E-state index in [1.165, 1.54) is 55.3 Å². The summed E-state index contributed by atoms with van der Waals surface area (Å²) in [6, 6.07) is 8.19. The first-order valence-corrected chi connectivity index (χ1v) is 8.06. The third-order valence-corrected chi connectivity index (χ3v) is 4.71. The van der Waals surface area contributed by atoms with Crippen molar-refractivity contribution in [1.29, 1.82) is 0 Å². The molecule has 2 heteroatoms. The second-order valence-electron chi connectivity index (χ2n) is 6.47. The summed E-state index contributed by atoms with van der Waals surface area (Å²) >= 11 is 0. The van der Waals surface area contributed by atoms with Crippen molar-refractivity contribution in [3.8, 4) is 0 Å². The first-order valence-electron chi connectivity index (χ1n) is 8.06. The van der Waals surface area contributed by atoms with Crippen molar-refractivity contribution >= 4 is 0 Å². The van der Waals surface area contributed by atoms with Gasteiger partial charge in [-0.25, -0.2) is 0 Å². The predicted octanol–water partition coefficient (Wildman–Crippen LogP) is 3.83. The van der Waals surface area contributed by atoms with Crippen LogP contribution >= 0.6 is 0 Å². The van der Waals surface area contributed by atoms with Gasteiger partial charge in [0.1, 0.15) is 0 Å². The smallest absolute Gasteiger partial charge is 0.0329 e. The molecule has 20 heavy (non-hydrogen) atoms. The molecular weight excluding hydrogens is 244 g/mol. The zero-order chi connectivity index (χ0) is 14.5. The Morgan fingerprint density at radius 3 is 2.30 bits per heavy atom. The van der Waals surface area contributed by atoms with E-state index in [1.54, 1.807) is 0 Å². The summed E-state index contributed by atoms with van der Waals surface area (Å²) in [6.07, 6.45) is 6.81. The van der Waals surface area contributed by atoms with Crippen molar-refractivity contribution in [2.24, 2.45) is 0 Å². The SMILES string of the molecule is CNC(CCN(C)C1CCCC1)c1cc(C)cc(C)c1. The van der Waals surface area contributed by atoms with Crippen LogP contribution in [0.25, 0.3) is 0 Å². The van der Waals surface area contributed by atoms with Crippen molar-refractivity contribution in [2.75, 3.05) is 20.6 Å². The lowest BCUT2D eigenvalue weighted by Crippen LogP contribution is -2.32. The van der Waals surface area contributed by atoms with E-state index < -0.39 is 0 Å². The minimum absolute atomic E-state index is 0.470. The van der Waals surface area contributed by atoms with Gasteiger partial charge >= 0.3 is 0 Å². The average molecular weight is 274 g/mol. The number of hydrogen-bond donors (Lipinski definition) is 1. The molecule has 1 unspecified atom stereocenters. The lowest BCUT2D eigenvalue weighted by molar-refractivity contribution is 0.233. The van der Waals surface area contributed by atoms with Gasteiger partial charge in [-0.15, -0.1) is 0 Å². The van der Waals surface area contributed by atoms with Gasteiger partial charge in [-0.1, -0.05) is 42.2 Å². The van der Waals surface area contributed by atoms with E-state index in [2.05, 4.69) is 56.4 Å². The van der Waals surface area contributed by atoms with Crippen LogP contribution in [0.4, 0.5) is 0 Å². The highest BCUT2D eigenvalue weighted by atomic mass is 15.1. The minimum Gasteiger partial charge on any atom is -0.313 e. The first-order chi connectivity index (χ1) is 9.60. The number of aryl methyl sites for hydroxylation is 2. The molecule has 1 atom stereocenters. The van der Waals surface area contributed by atoms with E-state index in [9.17, 15) is 0 Å². The van der Waals surface area contributed by atoms with E-state index in [0.29, 0.717) is 6.04 Å². The Morgan fingerprint density at radius 1 is 1.15 bits per heavy atom. The van der Waals surface area contributed by atoms with Crippen LogP contribution in [-0.2, 0) is 0 Å². The molecule has 112 valence electrons. The molecule has 0 bridgehead atoms. The fraction of sp³-hybridized carbons (Fsp3) is 0.667. The Labute approximate surface area is 124 Å². The molecule has 1 aliphatic carbocycles. The molecule has 1 N–H and O–H groups in total. The van der Waals surface area contributed by atoms with E-state index in [0.717, 1.165) is 6.04 Å². The fourth-order valence-corrected chi connectivity index (χ4v) is 3.55. The van der Waals surface area contributed by atoms with Gasteiger partial charge in [-0.3, -0.25) is 0 Å². The van der Waals surface area contributed by atoms with Crippen LogP contribution in [-0.4, -0.2) is 31.6 Å². The van der Waals surface area contributed by atoms with Gasteiger partial charge in [0.05, 0.1) is 0 Å². The van der Waals surface area contributed by atoms with E-state index in [1.807, 2.05) is 0 Å². The van der Waals surface area contributed by atoms with Crippen LogP contribution < -0.4 is 5.32 Å². The van der Waals surface area contributed by atoms with Gasteiger partial charge in [0.2, 0.25) is 0 Å². The van der Waals surface area contributed by atoms with Crippen molar-refractivity contribution in [3.63, 3.8) is 0 Å². The van der Waals surface area contributed by atoms with Crippen molar-refractivity contribution in [2.45, 2.75) is 58.0 Å². The molecule has 0 radical (unpaired) electrons. The van der Waals surface area contributed by atoms with Crippen LogP contribution in [0, 0.1) is 13.8 Å². The lowest BCUT2D eigenvalue weighted by atomic mass is 9.99. The maximum absolute atomic E-state index is 3.49. The maximum Gasteiger partial charge on any atom is 0.0329 e. The number of rotatable bonds is 6. The van der Waals surface area contributed by atoms with Crippen LogP contribution in [0.15, 0.2) is 18.2 Å². The number of nitrogens with zero attached hydrogens (tertiary/aromatic N) is 1. The number of nitrogens with one attached hydrogen (secondary N) is 1. The second-order valence-corrected chi connectivity index (χ2v) is 6.47. The molecule has 1 aromatic rings. The molecule has 2 rings (SSSR count). The highest BCUT2D eigenvalue weighted by Gasteiger charge is 2.20. The van der Waals surface area contributed by atoms with Crippen molar-refractivity contribution < 1.29 is 0 Å². The Balaban J connectivity index is 1.94. The average Bonchev–Trinajstić information content (AvgIpc) is 2.92. The summed E-state index contributed by atoms with van der Waals surface area (Å²) in [7, 11) is 4.38. The van der Waals surface area contributed by atoms with Crippen LogP contribution in [0.5, 0.6) is 0 Å². The largest absolute Gasteiger partial charge is 0.313 e. The Bertz CT molecular complexity index is 401. The van der Waals surface area contributed by atoms with Gasteiger partial charge < -0.3 is 10.2 Å². The minimum atomic E-state index is 0.470. The predicted molar refractivity (Wildman–Crippen MR) is 87.2 cm³/mol. The molecule has 0 saturated heterocycles. The highest BCUT2D eigenvalue weighted by Crippen LogP contribution is 2.24.